The lowest BCUT2D eigenvalue weighted by Crippen LogP contribution is -2.43. The minimum absolute atomic E-state index is 0.147. The summed E-state index contributed by atoms with van der Waals surface area (Å²) >= 11 is 3.25. The van der Waals surface area contributed by atoms with Crippen molar-refractivity contribution in [2.45, 2.75) is 18.4 Å². The highest BCUT2D eigenvalue weighted by atomic mass is 32.2. The van der Waals surface area contributed by atoms with Crippen LogP contribution in [0.5, 0.6) is 0 Å². The van der Waals surface area contributed by atoms with Crippen LogP contribution < -0.4 is 5.32 Å². The number of thiophene rings is 1. The first-order valence-corrected chi connectivity index (χ1v) is 8.73. The molecule has 7 heteroatoms. The zero-order valence-corrected chi connectivity index (χ0v) is 13.0. The number of aliphatic hydroxyl groups is 1. The monoisotopic (exact) mass is 324 g/mol. The molecule has 1 aliphatic rings. The van der Waals surface area contributed by atoms with Crippen LogP contribution in [0.3, 0.4) is 0 Å². The summed E-state index contributed by atoms with van der Waals surface area (Å²) in [5, 5.41) is 14.9. The lowest BCUT2D eigenvalue weighted by Gasteiger charge is -2.21. The summed E-state index contributed by atoms with van der Waals surface area (Å²) in [6.07, 6.45) is 2.40. The number of rotatable bonds is 5. The summed E-state index contributed by atoms with van der Waals surface area (Å²) in [7, 11) is 0. The quantitative estimate of drug-likeness (QED) is 0.879. The Hall–Kier alpha value is -1.31. The van der Waals surface area contributed by atoms with Gasteiger partial charge in [-0.25, -0.2) is 4.98 Å². The largest absolute Gasteiger partial charge is 0.444 e. The summed E-state index contributed by atoms with van der Waals surface area (Å²) in [4.78, 5) is 17.1. The van der Waals surface area contributed by atoms with Gasteiger partial charge in [-0.3, -0.25) is 4.79 Å². The van der Waals surface area contributed by atoms with Crippen molar-refractivity contribution < 1.29 is 14.3 Å². The summed E-state index contributed by atoms with van der Waals surface area (Å²) in [5.41, 5.74) is -0.157. The number of nitrogens with one attached hydrogen (secondary N) is 1. The molecule has 0 saturated carbocycles. The fourth-order valence-corrected chi connectivity index (χ4v) is 4.08. The molecule has 0 aromatic carbocycles. The third-order valence-corrected chi connectivity index (χ3v) is 5.41. The molecule has 2 N–H and O–H groups in total. The Labute approximate surface area is 130 Å². The molecule has 0 spiro atoms. The minimum Gasteiger partial charge on any atom is -0.444 e. The summed E-state index contributed by atoms with van der Waals surface area (Å²) in [6.45, 7) is 0.300. The Morgan fingerprint density at radius 1 is 1.57 bits per heavy atom. The molecule has 3 heterocycles. The molecule has 1 atom stereocenters. The molecule has 2 aromatic heterocycles. The molecule has 5 nitrogen and oxygen atoms in total. The highest BCUT2D eigenvalue weighted by Gasteiger charge is 2.31. The minimum atomic E-state index is -0.758. The molecule has 1 amide bonds. The van der Waals surface area contributed by atoms with Gasteiger partial charge in [-0.1, -0.05) is 6.07 Å². The second-order valence-electron chi connectivity index (χ2n) is 5.10. The molecule has 2 aromatic rings. The number of thioether (sulfide) groups is 1. The van der Waals surface area contributed by atoms with Crippen molar-refractivity contribution in [2.75, 3.05) is 18.1 Å². The summed E-state index contributed by atoms with van der Waals surface area (Å²) in [5.74, 6) is 2.02. The molecule has 1 saturated heterocycles. The Balaban J connectivity index is 1.53. The zero-order valence-electron chi connectivity index (χ0n) is 11.4. The highest BCUT2D eigenvalue weighted by molar-refractivity contribution is 7.99. The van der Waals surface area contributed by atoms with E-state index in [0.717, 1.165) is 17.1 Å². The van der Waals surface area contributed by atoms with Crippen molar-refractivity contribution in [2.24, 2.45) is 0 Å². The average Bonchev–Trinajstić information content (AvgIpc) is 3.17. The van der Waals surface area contributed by atoms with Crippen molar-refractivity contribution in [1.82, 2.24) is 10.3 Å². The van der Waals surface area contributed by atoms with Crippen molar-refractivity contribution >= 4 is 29.0 Å². The first kappa shape index (κ1) is 14.6. The van der Waals surface area contributed by atoms with Gasteiger partial charge in [0.2, 0.25) is 11.8 Å². The molecule has 0 radical (unpaired) electrons. The lowest BCUT2D eigenvalue weighted by atomic mass is 10.0. The standard InChI is InChI=1S/C14H16N2O3S2/c17-12(15-8-14(18)3-5-20-9-14)6-10-7-19-13(16-10)11-2-1-4-21-11/h1-2,4,7,18H,3,5-6,8-9H2,(H,15,17). The predicted molar refractivity (Wildman–Crippen MR) is 83.4 cm³/mol. The van der Waals surface area contributed by atoms with Crippen molar-refractivity contribution in [3.63, 3.8) is 0 Å². The van der Waals surface area contributed by atoms with E-state index in [1.807, 2.05) is 17.5 Å². The van der Waals surface area contributed by atoms with E-state index in [0.29, 0.717) is 23.9 Å². The molecule has 112 valence electrons. The molecular weight excluding hydrogens is 308 g/mol. The smallest absolute Gasteiger partial charge is 0.236 e. The number of amides is 1. The molecule has 1 fully saturated rings. The molecule has 1 aliphatic heterocycles. The molecular formula is C14H16N2O3S2. The van der Waals surface area contributed by atoms with Gasteiger partial charge < -0.3 is 14.8 Å². The van der Waals surface area contributed by atoms with Crippen LogP contribution >= 0.6 is 23.1 Å². The van der Waals surface area contributed by atoms with Crippen LogP contribution in [0.15, 0.2) is 28.2 Å². The van der Waals surface area contributed by atoms with Gasteiger partial charge >= 0.3 is 0 Å². The van der Waals surface area contributed by atoms with Gasteiger partial charge in [0.1, 0.15) is 6.26 Å². The van der Waals surface area contributed by atoms with Crippen LogP contribution in [0.1, 0.15) is 12.1 Å². The molecule has 1 unspecified atom stereocenters. The van der Waals surface area contributed by atoms with Gasteiger partial charge in [0.25, 0.3) is 0 Å². The van der Waals surface area contributed by atoms with E-state index in [1.165, 1.54) is 6.26 Å². The van der Waals surface area contributed by atoms with E-state index >= 15 is 0 Å². The van der Waals surface area contributed by atoms with Crippen LogP contribution in [0, 0.1) is 0 Å². The molecule has 0 bridgehead atoms. The maximum absolute atomic E-state index is 11.9. The number of carbonyl (C=O) groups excluding carboxylic acids is 1. The lowest BCUT2D eigenvalue weighted by molar-refractivity contribution is -0.121. The highest BCUT2D eigenvalue weighted by Crippen LogP contribution is 2.27. The van der Waals surface area contributed by atoms with Crippen LogP contribution in [0.25, 0.3) is 10.8 Å². The number of hydrogen-bond donors (Lipinski definition) is 2. The fourth-order valence-electron chi connectivity index (χ4n) is 2.13. The Bertz CT molecular complexity index is 604. The van der Waals surface area contributed by atoms with Gasteiger partial charge in [0.15, 0.2) is 0 Å². The maximum atomic E-state index is 11.9. The molecule has 0 aliphatic carbocycles. The summed E-state index contributed by atoms with van der Waals surface area (Å²) in [6, 6.07) is 3.85. The van der Waals surface area contributed by atoms with Crippen LogP contribution in [0.2, 0.25) is 0 Å². The van der Waals surface area contributed by atoms with E-state index in [2.05, 4.69) is 10.3 Å². The predicted octanol–water partition coefficient (Wildman–Crippen LogP) is 1.93. The van der Waals surface area contributed by atoms with Gasteiger partial charge in [-0.15, -0.1) is 11.3 Å². The summed E-state index contributed by atoms with van der Waals surface area (Å²) < 4.78 is 5.37. The van der Waals surface area contributed by atoms with E-state index in [1.54, 1.807) is 23.1 Å². The van der Waals surface area contributed by atoms with Crippen molar-refractivity contribution in [3.8, 4) is 10.8 Å². The Morgan fingerprint density at radius 3 is 3.19 bits per heavy atom. The third kappa shape index (κ3) is 3.66. The van der Waals surface area contributed by atoms with E-state index in [4.69, 9.17) is 4.42 Å². The SMILES string of the molecule is O=C(Cc1coc(-c2cccs2)n1)NCC1(O)CCSC1. The van der Waals surface area contributed by atoms with E-state index < -0.39 is 5.60 Å². The average molecular weight is 324 g/mol. The first-order chi connectivity index (χ1) is 10.1. The second kappa shape index (κ2) is 6.21. The topological polar surface area (TPSA) is 75.4 Å². The van der Waals surface area contributed by atoms with Crippen molar-refractivity contribution in [3.05, 3.63) is 29.5 Å². The molecule has 21 heavy (non-hydrogen) atoms. The number of oxazole rings is 1. The Kier molecular flexibility index (Phi) is 4.32. The van der Waals surface area contributed by atoms with Crippen LogP contribution in [-0.2, 0) is 11.2 Å². The van der Waals surface area contributed by atoms with Gasteiger partial charge in [-0.05, 0) is 23.6 Å². The normalized spacial score (nSPS) is 21.6. The van der Waals surface area contributed by atoms with E-state index in [-0.39, 0.29) is 12.3 Å². The van der Waals surface area contributed by atoms with Crippen molar-refractivity contribution in [1.29, 1.82) is 0 Å². The molecule has 3 rings (SSSR count). The first-order valence-electron chi connectivity index (χ1n) is 6.70. The van der Waals surface area contributed by atoms with Gasteiger partial charge in [0, 0.05) is 12.3 Å². The zero-order chi connectivity index (χ0) is 14.7. The third-order valence-electron chi connectivity index (χ3n) is 3.32. The number of hydrogen-bond acceptors (Lipinski definition) is 6. The number of carbonyl (C=O) groups is 1. The Morgan fingerprint density at radius 2 is 2.48 bits per heavy atom. The van der Waals surface area contributed by atoms with Gasteiger partial charge in [-0.2, -0.15) is 11.8 Å². The number of nitrogens with zero attached hydrogens (tertiary/aromatic N) is 1. The number of aromatic nitrogens is 1. The van der Waals surface area contributed by atoms with Crippen LogP contribution in [0.4, 0.5) is 0 Å². The second-order valence-corrected chi connectivity index (χ2v) is 7.15. The van der Waals surface area contributed by atoms with E-state index in [9.17, 15) is 9.90 Å². The van der Waals surface area contributed by atoms with Crippen LogP contribution in [-0.4, -0.2) is 39.6 Å². The van der Waals surface area contributed by atoms with Gasteiger partial charge in [0.05, 0.1) is 22.6 Å². The maximum Gasteiger partial charge on any atom is 0.236 e. The fraction of sp³-hybridized carbons (Fsp3) is 0.429.